The van der Waals surface area contributed by atoms with Crippen LogP contribution in [-0.2, 0) is 6.42 Å². The summed E-state index contributed by atoms with van der Waals surface area (Å²) >= 11 is 3.51. The number of hydrogen-bond acceptors (Lipinski definition) is 1. The second kappa shape index (κ2) is 6.41. The van der Waals surface area contributed by atoms with Gasteiger partial charge < -0.3 is 5.32 Å². The molecular formula is C17H26BrN. The van der Waals surface area contributed by atoms with Gasteiger partial charge in [-0.2, -0.15) is 0 Å². The van der Waals surface area contributed by atoms with E-state index in [0.717, 1.165) is 16.8 Å². The number of hydrogen-bond donors (Lipinski definition) is 1. The van der Waals surface area contributed by atoms with Crippen molar-refractivity contribution >= 4 is 15.9 Å². The summed E-state index contributed by atoms with van der Waals surface area (Å²) in [5, 5.41) is 3.58. The van der Waals surface area contributed by atoms with Crippen LogP contribution < -0.4 is 5.32 Å². The van der Waals surface area contributed by atoms with Gasteiger partial charge in [-0.15, -0.1) is 0 Å². The van der Waals surface area contributed by atoms with Gasteiger partial charge >= 0.3 is 0 Å². The number of halogens is 1. The van der Waals surface area contributed by atoms with Gasteiger partial charge in [-0.05, 0) is 55.3 Å². The Morgan fingerprint density at radius 3 is 2.53 bits per heavy atom. The smallest absolute Gasteiger partial charge is 0.0175 e. The molecule has 0 spiro atoms. The van der Waals surface area contributed by atoms with Crippen molar-refractivity contribution in [2.75, 3.05) is 7.05 Å². The highest BCUT2D eigenvalue weighted by molar-refractivity contribution is 9.10. The monoisotopic (exact) mass is 323 g/mol. The maximum atomic E-state index is 3.58. The maximum absolute atomic E-state index is 3.58. The lowest BCUT2D eigenvalue weighted by Gasteiger charge is -2.43. The highest BCUT2D eigenvalue weighted by atomic mass is 79.9. The highest BCUT2D eigenvalue weighted by Crippen LogP contribution is 2.42. The molecule has 1 aliphatic carbocycles. The summed E-state index contributed by atoms with van der Waals surface area (Å²) < 4.78 is 1.16. The van der Waals surface area contributed by atoms with E-state index in [1.54, 1.807) is 0 Å². The van der Waals surface area contributed by atoms with Crippen molar-refractivity contribution in [2.45, 2.75) is 52.0 Å². The molecule has 106 valence electrons. The molecule has 1 saturated carbocycles. The Hall–Kier alpha value is -0.340. The molecule has 19 heavy (non-hydrogen) atoms. The molecule has 1 aliphatic rings. The Bertz CT molecular complexity index is 396. The Kier molecular flexibility index (Phi) is 5.08. The summed E-state index contributed by atoms with van der Waals surface area (Å²) in [6.07, 6.45) is 6.67. The van der Waals surface area contributed by atoms with Crippen molar-refractivity contribution in [3.8, 4) is 0 Å². The first-order valence-electron chi connectivity index (χ1n) is 7.44. The third kappa shape index (κ3) is 3.82. The summed E-state index contributed by atoms with van der Waals surface area (Å²) in [7, 11) is 2.12. The summed E-state index contributed by atoms with van der Waals surface area (Å²) in [6, 6.07) is 9.37. The minimum atomic E-state index is 0.474. The van der Waals surface area contributed by atoms with Crippen molar-refractivity contribution < 1.29 is 0 Å². The van der Waals surface area contributed by atoms with Gasteiger partial charge in [0.05, 0.1) is 0 Å². The van der Waals surface area contributed by atoms with E-state index in [2.05, 4.69) is 66.4 Å². The van der Waals surface area contributed by atoms with Gasteiger partial charge in [-0.25, -0.2) is 0 Å². The molecule has 1 N–H and O–H groups in total. The first-order valence-corrected chi connectivity index (χ1v) is 8.24. The average molecular weight is 324 g/mol. The maximum Gasteiger partial charge on any atom is 0.0175 e. The number of rotatable bonds is 4. The van der Waals surface area contributed by atoms with Crippen LogP contribution in [0.15, 0.2) is 28.7 Å². The normalized spacial score (nSPS) is 24.1. The Morgan fingerprint density at radius 2 is 1.95 bits per heavy atom. The standard InChI is InChI=1S/C17H26BrN/c1-17(2)11-5-4-6-15(17)16(19-3)12-13-7-9-14(18)10-8-13/h7-10,15-16,19H,4-6,11-12H2,1-3H3. The molecule has 1 aromatic rings. The highest BCUT2D eigenvalue weighted by Gasteiger charge is 2.36. The molecule has 0 radical (unpaired) electrons. The van der Waals surface area contributed by atoms with E-state index in [4.69, 9.17) is 0 Å². The summed E-state index contributed by atoms with van der Waals surface area (Å²) in [5.41, 5.74) is 1.91. The number of nitrogens with one attached hydrogen (secondary N) is 1. The lowest BCUT2D eigenvalue weighted by molar-refractivity contribution is 0.101. The zero-order valence-corrected chi connectivity index (χ0v) is 14.0. The van der Waals surface area contributed by atoms with Crippen molar-refractivity contribution in [3.63, 3.8) is 0 Å². The van der Waals surface area contributed by atoms with E-state index in [-0.39, 0.29) is 0 Å². The zero-order valence-electron chi connectivity index (χ0n) is 12.4. The van der Waals surface area contributed by atoms with Crippen LogP contribution in [0.5, 0.6) is 0 Å². The third-order valence-corrected chi connectivity index (χ3v) is 5.34. The van der Waals surface area contributed by atoms with E-state index in [1.165, 1.54) is 31.2 Å². The van der Waals surface area contributed by atoms with Gasteiger partial charge in [0.25, 0.3) is 0 Å². The van der Waals surface area contributed by atoms with E-state index in [1.807, 2.05) is 0 Å². The van der Waals surface area contributed by atoms with Gasteiger partial charge in [-0.3, -0.25) is 0 Å². The lowest BCUT2D eigenvalue weighted by Crippen LogP contribution is -2.44. The molecule has 0 amide bonds. The molecule has 0 bridgehead atoms. The van der Waals surface area contributed by atoms with Crippen LogP contribution in [0.1, 0.15) is 45.1 Å². The van der Waals surface area contributed by atoms with Crippen molar-refractivity contribution in [3.05, 3.63) is 34.3 Å². The fourth-order valence-corrected chi connectivity index (χ4v) is 3.85. The minimum Gasteiger partial charge on any atom is -0.316 e. The van der Waals surface area contributed by atoms with E-state index in [0.29, 0.717) is 11.5 Å². The average Bonchev–Trinajstić information content (AvgIpc) is 2.38. The predicted molar refractivity (Wildman–Crippen MR) is 86.4 cm³/mol. The molecule has 1 aromatic carbocycles. The second-order valence-electron chi connectivity index (χ2n) is 6.57. The van der Waals surface area contributed by atoms with E-state index >= 15 is 0 Å². The largest absolute Gasteiger partial charge is 0.316 e. The first kappa shape index (κ1) is 15.1. The quantitative estimate of drug-likeness (QED) is 0.839. The molecule has 1 nitrogen and oxygen atoms in total. The van der Waals surface area contributed by atoms with Crippen molar-refractivity contribution in [2.24, 2.45) is 11.3 Å². The third-order valence-electron chi connectivity index (χ3n) is 4.82. The van der Waals surface area contributed by atoms with Gasteiger partial charge in [0.15, 0.2) is 0 Å². The lowest BCUT2D eigenvalue weighted by atomic mass is 9.65. The molecule has 2 heteroatoms. The topological polar surface area (TPSA) is 12.0 Å². The summed E-state index contributed by atoms with van der Waals surface area (Å²) in [5.74, 6) is 0.787. The SMILES string of the molecule is CNC(Cc1ccc(Br)cc1)C1CCCCC1(C)C. The van der Waals surface area contributed by atoms with Crippen molar-refractivity contribution in [1.82, 2.24) is 5.32 Å². The van der Waals surface area contributed by atoms with Crippen LogP contribution in [-0.4, -0.2) is 13.1 Å². The van der Waals surface area contributed by atoms with E-state index < -0.39 is 0 Å². The number of likely N-dealkylation sites (N-methyl/N-ethyl adjacent to an activating group) is 1. The molecule has 0 aliphatic heterocycles. The molecule has 0 aromatic heterocycles. The zero-order chi connectivity index (χ0) is 13.9. The van der Waals surface area contributed by atoms with Crippen LogP contribution >= 0.6 is 15.9 Å². The molecule has 2 rings (SSSR count). The fraction of sp³-hybridized carbons (Fsp3) is 0.647. The van der Waals surface area contributed by atoms with Gasteiger partial charge in [0.1, 0.15) is 0 Å². The van der Waals surface area contributed by atoms with Crippen molar-refractivity contribution in [1.29, 1.82) is 0 Å². The minimum absolute atomic E-state index is 0.474. The number of benzene rings is 1. The van der Waals surface area contributed by atoms with Gasteiger partial charge in [0.2, 0.25) is 0 Å². The first-order chi connectivity index (χ1) is 9.03. The van der Waals surface area contributed by atoms with Crippen LogP contribution in [0.4, 0.5) is 0 Å². The molecule has 0 heterocycles. The molecule has 2 unspecified atom stereocenters. The fourth-order valence-electron chi connectivity index (χ4n) is 3.59. The Labute approximate surface area is 126 Å². The van der Waals surface area contributed by atoms with Crippen LogP contribution in [0, 0.1) is 11.3 Å². The Balaban J connectivity index is 2.08. The predicted octanol–water partition coefficient (Wildman–Crippen LogP) is 4.80. The second-order valence-corrected chi connectivity index (χ2v) is 7.48. The molecule has 2 atom stereocenters. The van der Waals surface area contributed by atoms with Crippen LogP contribution in [0.3, 0.4) is 0 Å². The molecule has 1 fully saturated rings. The summed E-state index contributed by atoms with van der Waals surface area (Å²) in [6.45, 7) is 4.89. The van der Waals surface area contributed by atoms with Crippen LogP contribution in [0.2, 0.25) is 0 Å². The van der Waals surface area contributed by atoms with Crippen LogP contribution in [0.25, 0.3) is 0 Å². The summed E-state index contributed by atoms with van der Waals surface area (Å²) in [4.78, 5) is 0. The molecular weight excluding hydrogens is 298 g/mol. The van der Waals surface area contributed by atoms with Gasteiger partial charge in [-0.1, -0.05) is 54.8 Å². The molecule has 0 saturated heterocycles. The Morgan fingerprint density at radius 1 is 1.26 bits per heavy atom. The van der Waals surface area contributed by atoms with E-state index in [9.17, 15) is 0 Å². The van der Waals surface area contributed by atoms with Gasteiger partial charge in [0, 0.05) is 10.5 Å².